The van der Waals surface area contributed by atoms with Crippen molar-refractivity contribution in [1.82, 2.24) is 4.90 Å². The van der Waals surface area contributed by atoms with Crippen molar-refractivity contribution in [2.75, 3.05) is 13.7 Å². The fraction of sp³-hybridized carbons (Fsp3) is 0.316. The Hall–Kier alpha value is -1.97. The van der Waals surface area contributed by atoms with E-state index in [0.717, 1.165) is 13.1 Å². The predicted molar refractivity (Wildman–Crippen MR) is 88.5 cm³/mol. The van der Waals surface area contributed by atoms with Gasteiger partial charge in [-0.25, -0.2) is 0 Å². The molecule has 0 radical (unpaired) electrons. The summed E-state index contributed by atoms with van der Waals surface area (Å²) in [5.74, 6) is 0.133. The van der Waals surface area contributed by atoms with E-state index < -0.39 is 0 Å². The molecule has 0 fully saturated rings. The lowest BCUT2D eigenvalue weighted by Gasteiger charge is -2.29. The first kappa shape index (κ1) is 16.4. The molecule has 3 nitrogen and oxygen atoms in total. The summed E-state index contributed by atoms with van der Waals surface area (Å²) < 4.78 is 5.26. The number of hydrogen-bond acceptors (Lipinski definition) is 3. The van der Waals surface area contributed by atoms with E-state index in [1.807, 2.05) is 36.4 Å². The summed E-state index contributed by atoms with van der Waals surface area (Å²) in [7, 11) is 1.64. The summed E-state index contributed by atoms with van der Waals surface area (Å²) in [4.78, 5) is 14.2. The lowest BCUT2D eigenvalue weighted by atomic mass is 10.1. The van der Waals surface area contributed by atoms with Crippen molar-refractivity contribution in [3.63, 3.8) is 0 Å². The standard InChI is InChI=1S/C19H23NO2/c1-16(21)19(15-22-2)20(13-17-9-5-3-6-10-17)14-18-11-7-4-8-12-18/h3-12,19H,13-15H2,1-2H3. The molecule has 0 aromatic heterocycles. The highest BCUT2D eigenvalue weighted by Gasteiger charge is 2.23. The summed E-state index contributed by atoms with van der Waals surface area (Å²) in [6.45, 7) is 3.49. The second-order valence-electron chi connectivity index (χ2n) is 5.46. The molecular formula is C19H23NO2. The fourth-order valence-electron chi connectivity index (χ4n) is 2.55. The van der Waals surface area contributed by atoms with Crippen LogP contribution in [-0.4, -0.2) is 30.4 Å². The van der Waals surface area contributed by atoms with Gasteiger partial charge in [0.1, 0.15) is 5.78 Å². The van der Waals surface area contributed by atoms with Crippen molar-refractivity contribution in [2.24, 2.45) is 0 Å². The number of benzene rings is 2. The smallest absolute Gasteiger partial charge is 0.149 e. The molecule has 0 heterocycles. The summed E-state index contributed by atoms with van der Waals surface area (Å²) in [6.07, 6.45) is 0. The number of carbonyl (C=O) groups excluding carboxylic acids is 1. The average molecular weight is 297 g/mol. The number of carbonyl (C=O) groups is 1. The van der Waals surface area contributed by atoms with Gasteiger partial charge in [-0.2, -0.15) is 0 Å². The van der Waals surface area contributed by atoms with Crippen molar-refractivity contribution in [1.29, 1.82) is 0 Å². The van der Waals surface area contributed by atoms with Gasteiger partial charge in [-0.3, -0.25) is 9.69 Å². The molecule has 0 aliphatic heterocycles. The van der Waals surface area contributed by atoms with Gasteiger partial charge in [-0.05, 0) is 18.1 Å². The molecule has 3 heteroatoms. The van der Waals surface area contributed by atoms with Crippen LogP contribution in [0.2, 0.25) is 0 Å². The molecule has 0 aliphatic rings. The lowest BCUT2D eigenvalue weighted by Crippen LogP contribution is -2.42. The maximum absolute atomic E-state index is 12.0. The van der Waals surface area contributed by atoms with Crippen LogP contribution in [0.25, 0.3) is 0 Å². The second kappa shape index (κ2) is 8.47. The Morgan fingerprint density at radius 1 is 0.955 bits per heavy atom. The van der Waals surface area contributed by atoms with E-state index in [1.165, 1.54) is 11.1 Å². The van der Waals surface area contributed by atoms with Crippen LogP contribution >= 0.6 is 0 Å². The van der Waals surface area contributed by atoms with E-state index in [4.69, 9.17) is 4.74 Å². The zero-order chi connectivity index (χ0) is 15.8. The molecule has 1 atom stereocenters. The molecule has 0 saturated carbocycles. The normalized spacial score (nSPS) is 12.3. The quantitative estimate of drug-likeness (QED) is 0.749. The lowest BCUT2D eigenvalue weighted by molar-refractivity contribution is -0.124. The first-order chi connectivity index (χ1) is 10.7. The molecule has 1 unspecified atom stereocenters. The van der Waals surface area contributed by atoms with Gasteiger partial charge in [0.2, 0.25) is 0 Å². The van der Waals surface area contributed by atoms with Crippen LogP contribution in [0.15, 0.2) is 60.7 Å². The second-order valence-corrected chi connectivity index (χ2v) is 5.46. The van der Waals surface area contributed by atoms with Crippen LogP contribution in [0.4, 0.5) is 0 Å². The Balaban J connectivity index is 2.20. The molecule has 0 spiro atoms. The molecule has 0 N–H and O–H groups in total. The van der Waals surface area contributed by atoms with E-state index in [1.54, 1.807) is 14.0 Å². The summed E-state index contributed by atoms with van der Waals surface area (Å²) in [5.41, 5.74) is 2.39. The maximum atomic E-state index is 12.0. The maximum Gasteiger partial charge on any atom is 0.149 e. The van der Waals surface area contributed by atoms with Crippen LogP contribution in [0.1, 0.15) is 18.1 Å². The van der Waals surface area contributed by atoms with Gasteiger partial charge in [0.15, 0.2) is 0 Å². The first-order valence-corrected chi connectivity index (χ1v) is 7.52. The largest absolute Gasteiger partial charge is 0.383 e. The predicted octanol–water partition coefficient (Wildman–Crippen LogP) is 3.29. The SMILES string of the molecule is COCC(C(C)=O)N(Cc1ccccc1)Cc1ccccc1. The van der Waals surface area contributed by atoms with Gasteiger partial charge in [0.25, 0.3) is 0 Å². The molecular weight excluding hydrogens is 274 g/mol. The molecule has 0 saturated heterocycles. The number of hydrogen-bond donors (Lipinski definition) is 0. The van der Waals surface area contributed by atoms with Gasteiger partial charge in [0.05, 0.1) is 12.6 Å². The highest BCUT2D eigenvalue weighted by Crippen LogP contribution is 2.14. The van der Waals surface area contributed by atoms with Gasteiger partial charge >= 0.3 is 0 Å². The number of nitrogens with zero attached hydrogens (tertiary/aromatic N) is 1. The van der Waals surface area contributed by atoms with Crippen molar-refractivity contribution in [2.45, 2.75) is 26.1 Å². The van der Waals surface area contributed by atoms with E-state index >= 15 is 0 Å². The summed E-state index contributed by atoms with van der Waals surface area (Å²) in [6, 6.07) is 20.2. The molecule has 2 rings (SSSR count). The third-order valence-electron chi connectivity index (χ3n) is 3.69. The monoisotopic (exact) mass is 297 g/mol. The van der Waals surface area contributed by atoms with Gasteiger partial charge in [-0.15, -0.1) is 0 Å². The minimum atomic E-state index is -0.231. The van der Waals surface area contributed by atoms with Crippen molar-refractivity contribution in [3.05, 3.63) is 71.8 Å². The van der Waals surface area contributed by atoms with Crippen LogP contribution < -0.4 is 0 Å². The number of methoxy groups -OCH3 is 1. The van der Waals surface area contributed by atoms with Crippen molar-refractivity contribution < 1.29 is 9.53 Å². The van der Waals surface area contributed by atoms with Crippen molar-refractivity contribution in [3.8, 4) is 0 Å². The number of Topliss-reactive ketones (excluding diaryl/α,β-unsaturated/α-hetero) is 1. The summed E-state index contributed by atoms with van der Waals surface area (Å²) in [5, 5.41) is 0. The Bertz CT molecular complexity index is 527. The third kappa shape index (κ3) is 4.79. The van der Waals surface area contributed by atoms with E-state index in [9.17, 15) is 4.79 Å². The van der Waals surface area contributed by atoms with Gasteiger partial charge < -0.3 is 4.74 Å². The molecule has 116 valence electrons. The van der Waals surface area contributed by atoms with E-state index in [0.29, 0.717) is 6.61 Å². The Kier molecular flexibility index (Phi) is 6.31. The number of ketones is 1. The number of rotatable bonds is 8. The highest BCUT2D eigenvalue weighted by atomic mass is 16.5. The van der Waals surface area contributed by atoms with Crippen LogP contribution in [0.3, 0.4) is 0 Å². The third-order valence-corrected chi connectivity index (χ3v) is 3.69. The van der Waals surface area contributed by atoms with Crippen LogP contribution in [-0.2, 0) is 22.6 Å². The average Bonchev–Trinajstić information content (AvgIpc) is 2.54. The molecule has 0 aliphatic carbocycles. The molecule has 0 bridgehead atoms. The molecule has 0 amide bonds. The molecule has 22 heavy (non-hydrogen) atoms. The summed E-state index contributed by atoms with van der Waals surface area (Å²) >= 11 is 0. The Morgan fingerprint density at radius 2 is 1.41 bits per heavy atom. The zero-order valence-corrected chi connectivity index (χ0v) is 13.2. The Labute approximate surface area is 132 Å². The minimum Gasteiger partial charge on any atom is -0.383 e. The molecule has 2 aromatic carbocycles. The topological polar surface area (TPSA) is 29.5 Å². The van der Waals surface area contributed by atoms with Gasteiger partial charge in [0, 0.05) is 20.2 Å². The highest BCUT2D eigenvalue weighted by molar-refractivity contribution is 5.81. The zero-order valence-electron chi connectivity index (χ0n) is 13.2. The van der Waals surface area contributed by atoms with Gasteiger partial charge in [-0.1, -0.05) is 60.7 Å². The van der Waals surface area contributed by atoms with Crippen LogP contribution in [0, 0.1) is 0 Å². The molecule has 2 aromatic rings. The Morgan fingerprint density at radius 3 is 1.77 bits per heavy atom. The fourth-order valence-corrected chi connectivity index (χ4v) is 2.55. The number of ether oxygens (including phenoxy) is 1. The van der Waals surface area contributed by atoms with E-state index in [2.05, 4.69) is 29.2 Å². The van der Waals surface area contributed by atoms with Crippen LogP contribution in [0.5, 0.6) is 0 Å². The van der Waals surface area contributed by atoms with Crippen molar-refractivity contribution >= 4 is 5.78 Å². The van der Waals surface area contributed by atoms with E-state index in [-0.39, 0.29) is 11.8 Å². The first-order valence-electron chi connectivity index (χ1n) is 7.52. The minimum absolute atomic E-state index is 0.133.